The molecule has 0 fully saturated rings. The Bertz CT molecular complexity index is 367. The topological polar surface area (TPSA) is 98.7 Å². The van der Waals surface area contributed by atoms with Gasteiger partial charge in [-0.15, -0.1) is 9.05 Å². The molecule has 2 atom stereocenters. The molecule has 0 aromatic heterocycles. The van der Waals surface area contributed by atoms with Crippen LogP contribution in [0.25, 0.3) is 0 Å². The molecule has 0 bridgehead atoms. The van der Waals surface area contributed by atoms with Gasteiger partial charge in [-0.3, -0.25) is 0 Å². The molecule has 0 amide bonds. The first kappa shape index (κ1) is 38.1. The van der Waals surface area contributed by atoms with E-state index in [-0.39, 0.29) is 16.5 Å². The Kier molecular flexibility index (Phi) is 40.0. The van der Waals surface area contributed by atoms with E-state index in [9.17, 15) is 18.9 Å². The van der Waals surface area contributed by atoms with Crippen LogP contribution in [0.3, 0.4) is 0 Å². The molecule has 6 nitrogen and oxygen atoms in total. The molecular weight excluding hydrogens is 505 g/mol. The van der Waals surface area contributed by atoms with E-state index in [4.69, 9.17) is 0 Å². The van der Waals surface area contributed by atoms with E-state index in [1.165, 1.54) is 103 Å². The Hall–Kier alpha value is 0.534. The molecule has 0 aliphatic rings. The van der Waals surface area contributed by atoms with Crippen molar-refractivity contribution in [1.82, 2.24) is 0 Å². The van der Waals surface area contributed by atoms with E-state index in [1.807, 2.05) is 0 Å². The van der Waals surface area contributed by atoms with E-state index in [0.717, 1.165) is 25.7 Å². The maximum Gasteiger partial charge on any atom is 2.00 e. The monoisotopic (exact) mass is 554 g/mol. The number of hydrogen-bond acceptors (Lipinski definition) is 6. The molecule has 200 valence electrons. The summed E-state index contributed by atoms with van der Waals surface area (Å²) in [5, 5.41) is 0. The molecule has 0 aromatic rings. The first-order valence-corrected chi connectivity index (χ1v) is 15.3. The molecule has 0 aliphatic heterocycles. The van der Waals surface area contributed by atoms with Gasteiger partial charge < -0.3 is 9.79 Å². The zero-order chi connectivity index (χ0) is 24.1. The summed E-state index contributed by atoms with van der Waals surface area (Å²) in [5.41, 5.74) is 0. The van der Waals surface area contributed by atoms with Crippen LogP contribution in [0.1, 0.15) is 142 Å². The molecule has 0 radical (unpaired) electrons. The third-order valence-electron chi connectivity index (χ3n) is 5.39. The van der Waals surface area contributed by atoms with Crippen molar-refractivity contribution < 1.29 is 44.5 Å². The molecule has 0 saturated heterocycles. The SMILES string of the molecule is CCCCCCCCCCCCO[P+](=O)[O-].CCCCCCCCCCCCO[P+](=O)[O-].[Ni+2]. The summed E-state index contributed by atoms with van der Waals surface area (Å²) in [5.74, 6) is 0. The molecule has 0 heterocycles. The Balaban J connectivity index is -0.000000529. The Morgan fingerprint density at radius 2 is 0.667 bits per heavy atom. The summed E-state index contributed by atoms with van der Waals surface area (Å²) in [6.45, 7) is 5.18. The van der Waals surface area contributed by atoms with Gasteiger partial charge in [-0.1, -0.05) is 129 Å². The van der Waals surface area contributed by atoms with Crippen LogP contribution in [-0.4, -0.2) is 13.2 Å². The van der Waals surface area contributed by atoms with Crippen LogP contribution in [0.5, 0.6) is 0 Å². The van der Waals surface area contributed by atoms with Crippen molar-refractivity contribution in [3.8, 4) is 0 Å². The summed E-state index contributed by atoms with van der Waals surface area (Å²) in [7, 11) is -5.27. The Labute approximate surface area is 216 Å². The first-order valence-electron chi connectivity index (χ1n) is 13.1. The van der Waals surface area contributed by atoms with Gasteiger partial charge in [0.2, 0.25) is 0 Å². The number of rotatable bonds is 24. The van der Waals surface area contributed by atoms with E-state index in [2.05, 4.69) is 22.9 Å². The van der Waals surface area contributed by atoms with Crippen molar-refractivity contribution in [2.24, 2.45) is 0 Å². The second kappa shape index (κ2) is 34.7. The van der Waals surface area contributed by atoms with Crippen molar-refractivity contribution in [2.75, 3.05) is 13.2 Å². The van der Waals surface area contributed by atoms with Gasteiger partial charge in [0.15, 0.2) is 0 Å². The largest absolute Gasteiger partial charge is 2.00 e. The summed E-state index contributed by atoms with van der Waals surface area (Å²) in [6, 6.07) is 0. The predicted molar refractivity (Wildman–Crippen MR) is 131 cm³/mol. The molecule has 2 unspecified atom stereocenters. The summed E-state index contributed by atoms with van der Waals surface area (Å²) >= 11 is 0. The average molecular weight is 555 g/mol. The van der Waals surface area contributed by atoms with Crippen LogP contribution in [-0.2, 0) is 34.7 Å². The molecule has 0 saturated carbocycles. The second-order valence-electron chi connectivity index (χ2n) is 8.48. The Morgan fingerprint density at radius 3 is 0.879 bits per heavy atom. The fourth-order valence-electron chi connectivity index (χ4n) is 3.46. The van der Waals surface area contributed by atoms with E-state index < -0.39 is 16.5 Å². The predicted octanol–water partition coefficient (Wildman–Crippen LogP) is 7.88. The fourth-order valence-corrected chi connectivity index (χ4v) is 4.01. The fraction of sp³-hybridized carbons (Fsp3) is 1.00. The number of unbranched alkanes of at least 4 members (excludes halogenated alkanes) is 18. The van der Waals surface area contributed by atoms with Gasteiger partial charge in [0.25, 0.3) is 0 Å². The standard InChI is InChI=1S/2C12H25O3P.Ni/c2*1-2-3-4-5-6-7-8-9-10-11-12-15-16(13)14;/h2*2-12H2,1H3;/q;;+2. The van der Waals surface area contributed by atoms with Crippen molar-refractivity contribution in [3.05, 3.63) is 0 Å². The van der Waals surface area contributed by atoms with Crippen LogP contribution in [0.2, 0.25) is 0 Å². The van der Waals surface area contributed by atoms with Gasteiger partial charge in [0, 0.05) is 0 Å². The average Bonchev–Trinajstić information content (AvgIpc) is 2.76. The first-order chi connectivity index (χ1) is 15.5. The summed E-state index contributed by atoms with van der Waals surface area (Å²) in [4.78, 5) is 20.1. The molecule has 0 aliphatic carbocycles. The Morgan fingerprint density at radius 1 is 0.455 bits per heavy atom. The molecule has 0 N–H and O–H groups in total. The molecule has 33 heavy (non-hydrogen) atoms. The molecular formula is C24H50NiO6P2+2. The summed E-state index contributed by atoms with van der Waals surface area (Å²) < 4.78 is 29.1. The van der Waals surface area contributed by atoms with Gasteiger partial charge in [-0.05, 0) is 22.0 Å². The minimum Gasteiger partial charge on any atom is -0.566 e. The van der Waals surface area contributed by atoms with Crippen LogP contribution in [0, 0.1) is 0 Å². The van der Waals surface area contributed by atoms with Gasteiger partial charge >= 0.3 is 33.0 Å². The van der Waals surface area contributed by atoms with Crippen LogP contribution >= 0.6 is 16.5 Å². The van der Waals surface area contributed by atoms with E-state index >= 15 is 0 Å². The van der Waals surface area contributed by atoms with E-state index in [1.54, 1.807) is 0 Å². The van der Waals surface area contributed by atoms with Gasteiger partial charge in [0.1, 0.15) is 13.2 Å². The van der Waals surface area contributed by atoms with Gasteiger partial charge in [-0.2, -0.15) is 0 Å². The normalized spacial score (nSPS) is 11.4. The van der Waals surface area contributed by atoms with Crippen molar-refractivity contribution in [3.63, 3.8) is 0 Å². The van der Waals surface area contributed by atoms with E-state index in [0.29, 0.717) is 13.2 Å². The van der Waals surface area contributed by atoms with Gasteiger partial charge in [-0.25, -0.2) is 0 Å². The van der Waals surface area contributed by atoms with Crippen LogP contribution < -0.4 is 9.79 Å². The second-order valence-corrected chi connectivity index (χ2v) is 9.89. The zero-order valence-electron chi connectivity index (χ0n) is 21.2. The molecule has 9 heteroatoms. The van der Waals surface area contributed by atoms with Crippen molar-refractivity contribution in [1.29, 1.82) is 0 Å². The molecule has 0 rings (SSSR count). The maximum atomic E-state index is 10.1. The van der Waals surface area contributed by atoms with Crippen LogP contribution in [0.15, 0.2) is 0 Å². The van der Waals surface area contributed by atoms with Gasteiger partial charge in [0.05, 0.1) is 0 Å². The quantitative estimate of drug-likeness (QED) is 0.0683. The zero-order valence-corrected chi connectivity index (χ0v) is 24.0. The smallest absolute Gasteiger partial charge is 0.566 e. The van der Waals surface area contributed by atoms with Crippen molar-refractivity contribution >= 4 is 16.5 Å². The molecule has 0 aromatic carbocycles. The summed E-state index contributed by atoms with van der Waals surface area (Å²) in [6.07, 6.45) is 25.0. The minimum atomic E-state index is -2.64. The minimum absolute atomic E-state index is 0. The number of hydrogen-bond donors (Lipinski definition) is 0. The maximum absolute atomic E-state index is 10.1. The van der Waals surface area contributed by atoms with Crippen LogP contribution in [0.4, 0.5) is 0 Å². The van der Waals surface area contributed by atoms with Crippen molar-refractivity contribution in [2.45, 2.75) is 142 Å². The third-order valence-corrected chi connectivity index (χ3v) is 6.18. The molecule has 0 spiro atoms. The third kappa shape index (κ3) is 43.1.